The van der Waals surface area contributed by atoms with Crippen molar-refractivity contribution >= 4 is 44.8 Å². The van der Waals surface area contributed by atoms with Crippen LogP contribution in [0.4, 0.5) is 0 Å². The van der Waals surface area contributed by atoms with Gasteiger partial charge in [0.25, 0.3) is 0 Å². The van der Waals surface area contributed by atoms with Crippen molar-refractivity contribution in [3.05, 3.63) is 40.7 Å². The minimum atomic E-state index is 0.398. The molecule has 20 heavy (non-hydrogen) atoms. The summed E-state index contributed by atoms with van der Waals surface area (Å²) in [5, 5.41) is 6.05. The lowest BCUT2D eigenvalue weighted by molar-refractivity contribution is 0.832. The molecule has 0 saturated heterocycles. The van der Waals surface area contributed by atoms with Gasteiger partial charge in [0.15, 0.2) is 0 Å². The van der Waals surface area contributed by atoms with Gasteiger partial charge in [-0.2, -0.15) is 9.78 Å². The fourth-order valence-corrected chi connectivity index (χ4v) is 3.92. The Morgan fingerprint density at radius 1 is 1.30 bits per heavy atom. The summed E-state index contributed by atoms with van der Waals surface area (Å²) >= 11 is 14.1. The number of thiazole rings is 1. The van der Waals surface area contributed by atoms with Gasteiger partial charge in [-0.25, -0.2) is 4.98 Å². The highest BCUT2D eigenvalue weighted by Gasteiger charge is 2.31. The highest BCUT2D eigenvalue weighted by atomic mass is 35.5. The predicted octanol–water partition coefficient (Wildman–Crippen LogP) is 4.75. The van der Waals surface area contributed by atoms with Gasteiger partial charge >= 0.3 is 0 Å². The molecular weight excluding hydrogens is 313 g/mol. The molecule has 4 rings (SSSR count). The Bertz CT molecular complexity index is 756. The molecule has 2 heterocycles. The lowest BCUT2D eigenvalue weighted by atomic mass is 10.2. The first kappa shape index (κ1) is 12.6. The lowest BCUT2D eigenvalue weighted by Crippen LogP contribution is -1.96. The van der Waals surface area contributed by atoms with Crippen molar-refractivity contribution < 1.29 is 0 Å². The molecule has 0 radical (unpaired) electrons. The maximum Gasteiger partial charge on any atom is 0.212 e. The van der Waals surface area contributed by atoms with E-state index in [2.05, 4.69) is 16.1 Å². The van der Waals surface area contributed by atoms with E-state index in [1.54, 1.807) is 16.0 Å². The Balaban J connectivity index is 1.88. The van der Waals surface area contributed by atoms with Gasteiger partial charge in [-0.1, -0.05) is 35.1 Å². The maximum atomic E-state index is 6.45. The monoisotopic (exact) mass is 323 g/mol. The molecule has 1 aliphatic carbocycles. The molecule has 1 saturated carbocycles. The molecule has 6 heteroatoms. The molecule has 0 unspecified atom stereocenters. The smallest absolute Gasteiger partial charge is 0.212 e. The molecule has 3 aromatic rings. The zero-order chi connectivity index (χ0) is 13.7. The lowest BCUT2D eigenvalue weighted by Gasteiger charge is -1.96. The third kappa shape index (κ3) is 1.94. The van der Waals surface area contributed by atoms with Gasteiger partial charge in [-0.3, -0.25) is 0 Å². The first-order valence-electron chi connectivity index (χ1n) is 6.47. The van der Waals surface area contributed by atoms with E-state index in [1.807, 2.05) is 18.2 Å². The molecule has 102 valence electrons. The second kappa shape index (κ2) is 4.72. The molecule has 1 fully saturated rings. The normalized spacial score (nSPS) is 15.1. The van der Waals surface area contributed by atoms with Crippen LogP contribution in [0.1, 0.15) is 30.0 Å². The number of nitrogens with zero attached hydrogens (tertiary/aromatic N) is 3. The van der Waals surface area contributed by atoms with E-state index in [4.69, 9.17) is 23.2 Å². The average molecular weight is 324 g/mol. The molecule has 2 aromatic heterocycles. The second-order valence-corrected chi connectivity index (χ2v) is 6.57. The third-order valence-corrected chi connectivity index (χ3v) is 5.18. The largest absolute Gasteiger partial charge is 0.218 e. The van der Waals surface area contributed by atoms with Crippen molar-refractivity contribution in [2.75, 3.05) is 0 Å². The molecule has 1 aromatic carbocycles. The third-order valence-electron chi connectivity index (χ3n) is 3.51. The van der Waals surface area contributed by atoms with Gasteiger partial charge < -0.3 is 0 Å². The molecule has 0 N–H and O–H groups in total. The van der Waals surface area contributed by atoms with Crippen LogP contribution in [0.25, 0.3) is 15.3 Å². The average Bonchev–Trinajstić information content (AvgIpc) is 3.12. The number of hydrogen-bond donors (Lipinski definition) is 0. The topological polar surface area (TPSA) is 30.7 Å². The summed E-state index contributed by atoms with van der Waals surface area (Å²) in [5.74, 6) is 0.923. The Morgan fingerprint density at radius 3 is 2.80 bits per heavy atom. The zero-order valence-corrected chi connectivity index (χ0v) is 12.8. The SMILES string of the molecule is ClCc1c(C2CC2)nn(-c2nc3ccccc3s2)c1Cl. The molecule has 0 aliphatic heterocycles. The molecule has 3 nitrogen and oxygen atoms in total. The van der Waals surface area contributed by atoms with Crippen LogP contribution in [-0.4, -0.2) is 14.8 Å². The standard InChI is InChI=1S/C14H11Cl2N3S/c15-7-9-12(8-5-6-8)18-19(13(9)16)14-17-10-3-1-2-4-11(10)20-14/h1-4,8H,5-7H2. The van der Waals surface area contributed by atoms with Crippen LogP contribution < -0.4 is 0 Å². The van der Waals surface area contributed by atoms with Crippen LogP contribution >= 0.6 is 34.5 Å². The zero-order valence-electron chi connectivity index (χ0n) is 10.5. The Labute approximate surface area is 130 Å². The molecule has 0 spiro atoms. The molecule has 0 bridgehead atoms. The Morgan fingerprint density at radius 2 is 2.10 bits per heavy atom. The number of aromatic nitrogens is 3. The predicted molar refractivity (Wildman–Crippen MR) is 83.3 cm³/mol. The summed E-state index contributed by atoms with van der Waals surface area (Å²) in [4.78, 5) is 4.60. The van der Waals surface area contributed by atoms with Gasteiger partial charge in [0.05, 0.1) is 21.8 Å². The van der Waals surface area contributed by atoms with E-state index in [9.17, 15) is 0 Å². The Hall–Kier alpha value is -1.10. The fourth-order valence-electron chi connectivity index (χ4n) is 2.33. The highest BCUT2D eigenvalue weighted by molar-refractivity contribution is 7.20. The van der Waals surface area contributed by atoms with Crippen molar-refractivity contribution in [1.82, 2.24) is 14.8 Å². The van der Waals surface area contributed by atoms with Gasteiger partial charge in [0, 0.05) is 11.5 Å². The van der Waals surface area contributed by atoms with Gasteiger partial charge in [0.1, 0.15) is 5.15 Å². The van der Waals surface area contributed by atoms with E-state index < -0.39 is 0 Å². The van der Waals surface area contributed by atoms with Crippen molar-refractivity contribution in [2.45, 2.75) is 24.6 Å². The summed E-state index contributed by atoms with van der Waals surface area (Å²) < 4.78 is 2.87. The minimum absolute atomic E-state index is 0.398. The van der Waals surface area contributed by atoms with Crippen LogP contribution in [0.5, 0.6) is 0 Å². The quantitative estimate of drug-likeness (QED) is 0.651. The van der Waals surface area contributed by atoms with Gasteiger partial charge in [-0.05, 0) is 25.0 Å². The van der Waals surface area contributed by atoms with E-state index >= 15 is 0 Å². The van der Waals surface area contributed by atoms with Crippen LogP contribution in [-0.2, 0) is 5.88 Å². The van der Waals surface area contributed by atoms with Crippen molar-refractivity contribution in [3.8, 4) is 5.13 Å². The van der Waals surface area contributed by atoms with Crippen LogP contribution in [0.2, 0.25) is 5.15 Å². The summed E-state index contributed by atoms with van der Waals surface area (Å²) in [6, 6.07) is 8.04. The molecular formula is C14H11Cl2N3S. The highest BCUT2D eigenvalue weighted by Crippen LogP contribution is 2.43. The van der Waals surface area contributed by atoms with Crippen molar-refractivity contribution in [1.29, 1.82) is 0 Å². The second-order valence-electron chi connectivity index (χ2n) is 4.94. The molecule has 1 aliphatic rings. The first-order valence-corrected chi connectivity index (χ1v) is 8.20. The summed E-state index contributed by atoms with van der Waals surface area (Å²) in [7, 11) is 0. The maximum absolute atomic E-state index is 6.45. The summed E-state index contributed by atoms with van der Waals surface area (Å²) in [5.41, 5.74) is 2.97. The number of hydrogen-bond acceptors (Lipinski definition) is 3. The van der Waals surface area contributed by atoms with E-state index in [0.717, 1.165) is 26.6 Å². The molecule has 0 atom stereocenters. The van der Waals surface area contributed by atoms with Crippen molar-refractivity contribution in [3.63, 3.8) is 0 Å². The number of benzene rings is 1. The van der Waals surface area contributed by atoms with Crippen LogP contribution in [0.15, 0.2) is 24.3 Å². The van der Waals surface area contributed by atoms with Gasteiger partial charge in [0.2, 0.25) is 5.13 Å². The summed E-state index contributed by atoms with van der Waals surface area (Å²) in [6.07, 6.45) is 2.36. The van der Waals surface area contributed by atoms with Gasteiger partial charge in [-0.15, -0.1) is 11.6 Å². The number of fused-ring (bicyclic) bond motifs is 1. The fraction of sp³-hybridized carbons (Fsp3) is 0.286. The number of halogens is 2. The van der Waals surface area contributed by atoms with Crippen molar-refractivity contribution in [2.24, 2.45) is 0 Å². The summed E-state index contributed by atoms with van der Waals surface area (Å²) in [6.45, 7) is 0. The van der Waals surface area contributed by atoms with E-state index in [1.165, 1.54) is 12.8 Å². The van der Waals surface area contributed by atoms with E-state index in [0.29, 0.717) is 17.0 Å². The number of alkyl halides is 1. The minimum Gasteiger partial charge on any atom is -0.218 e. The van der Waals surface area contributed by atoms with Crippen LogP contribution in [0.3, 0.4) is 0 Å². The molecule has 0 amide bonds. The van der Waals surface area contributed by atoms with E-state index in [-0.39, 0.29) is 0 Å². The Kier molecular flexibility index (Phi) is 2.98. The number of para-hydroxylation sites is 1. The first-order chi connectivity index (χ1) is 9.78. The number of rotatable bonds is 3. The van der Waals surface area contributed by atoms with Crippen LogP contribution in [0, 0.1) is 0 Å².